The number of benzene rings is 1. The molecular formula is C9H9NO5. The topological polar surface area (TPSA) is 78.7 Å². The van der Waals surface area contributed by atoms with Crippen molar-refractivity contribution in [2.45, 2.75) is 0 Å². The van der Waals surface area contributed by atoms with Crippen LogP contribution in [0, 0.1) is 10.1 Å². The minimum atomic E-state index is -0.584. The lowest BCUT2D eigenvalue weighted by Crippen LogP contribution is -2.01. The van der Waals surface area contributed by atoms with Gasteiger partial charge in [-0.3, -0.25) is 14.9 Å². The third kappa shape index (κ3) is 2.67. The Labute approximate surface area is 85.6 Å². The van der Waals surface area contributed by atoms with Gasteiger partial charge in [-0.05, 0) is 6.07 Å². The van der Waals surface area contributed by atoms with Gasteiger partial charge in [0.1, 0.15) is 12.4 Å². The van der Waals surface area contributed by atoms with Crippen LogP contribution in [-0.4, -0.2) is 24.9 Å². The number of hydrogen-bond donors (Lipinski definition) is 0. The van der Waals surface area contributed by atoms with Crippen molar-refractivity contribution in [3.05, 3.63) is 28.3 Å². The molecule has 1 aromatic rings. The first-order chi connectivity index (χ1) is 7.19. The number of nitro benzene ring substituents is 1. The molecule has 0 heterocycles. The lowest BCUT2D eigenvalue weighted by atomic mass is 10.3. The number of ether oxygens (including phenoxy) is 2. The predicted octanol–water partition coefficient (Wildman–Crippen LogP) is 1.18. The van der Waals surface area contributed by atoms with E-state index in [0.717, 1.165) is 0 Å². The maximum Gasteiger partial charge on any atom is 0.311 e. The van der Waals surface area contributed by atoms with Gasteiger partial charge in [0.15, 0.2) is 6.29 Å². The number of nitro groups is 1. The van der Waals surface area contributed by atoms with E-state index in [4.69, 9.17) is 9.47 Å². The van der Waals surface area contributed by atoms with Crippen LogP contribution >= 0.6 is 0 Å². The standard InChI is InChI=1S/C9H9NO5/c1-14-7-2-3-8(10(12)13)9(6-7)15-5-4-11/h2-4,6H,5H2,1H3. The summed E-state index contributed by atoms with van der Waals surface area (Å²) in [5.74, 6) is 0.452. The van der Waals surface area contributed by atoms with Gasteiger partial charge in [-0.25, -0.2) is 0 Å². The molecular weight excluding hydrogens is 202 g/mol. The highest BCUT2D eigenvalue weighted by Crippen LogP contribution is 2.30. The highest BCUT2D eigenvalue weighted by Gasteiger charge is 2.15. The van der Waals surface area contributed by atoms with E-state index in [1.807, 2.05) is 0 Å². The SMILES string of the molecule is COc1ccc([N+](=O)[O-])c(OCC=O)c1. The maximum absolute atomic E-state index is 10.6. The normalized spacial score (nSPS) is 9.40. The molecule has 15 heavy (non-hydrogen) atoms. The van der Waals surface area contributed by atoms with Crippen LogP contribution in [0.25, 0.3) is 0 Å². The first-order valence-corrected chi connectivity index (χ1v) is 4.08. The molecule has 80 valence electrons. The van der Waals surface area contributed by atoms with E-state index in [9.17, 15) is 14.9 Å². The van der Waals surface area contributed by atoms with E-state index in [2.05, 4.69) is 0 Å². The lowest BCUT2D eigenvalue weighted by Gasteiger charge is -2.05. The summed E-state index contributed by atoms with van der Waals surface area (Å²) in [6.07, 6.45) is 0.517. The molecule has 0 aliphatic rings. The number of methoxy groups -OCH3 is 1. The Kier molecular flexibility index (Phi) is 3.61. The number of carbonyl (C=O) groups excluding carboxylic acids is 1. The van der Waals surface area contributed by atoms with Crippen LogP contribution in [0.15, 0.2) is 18.2 Å². The van der Waals surface area contributed by atoms with Crippen molar-refractivity contribution in [2.24, 2.45) is 0 Å². The van der Waals surface area contributed by atoms with Gasteiger partial charge in [0.05, 0.1) is 12.0 Å². The molecule has 0 saturated carbocycles. The van der Waals surface area contributed by atoms with Gasteiger partial charge in [0.2, 0.25) is 5.75 Å². The maximum atomic E-state index is 10.6. The molecule has 1 rings (SSSR count). The Balaban J connectivity index is 3.04. The van der Waals surface area contributed by atoms with Crippen LogP contribution in [0.1, 0.15) is 0 Å². The van der Waals surface area contributed by atoms with Crippen molar-refractivity contribution in [1.82, 2.24) is 0 Å². The second-order valence-electron chi connectivity index (χ2n) is 2.57. The molecule has 6 heteroatoms. The molecule has 1 aromatic carbocycles. The summed E-state index contributed by atoms with van der Waals surface area (Å²) in [5.41, 5.74) is -0.197. The lowest BCUT2D eigenvalue weighted by molar-refractivity contribution is -0.385. The minimum Gasteiger partial charge on any atom is -0.497 e. The molecule has 0 bridgehead atoms. The highest BCUT2D eigenvalue weighted by atomic mass is 16.6. The average molecular weight is 211 g/mol. The molecule has 0 aromatic heterocycles. The highest BCUT2D eigenvalue weighted by molar-refractivity contribution is 5.55. The molecule has 0 N–H and O–H groups in total. The Hall–Kier alpha value is -2.11. The summed E-state index contributed by atoms with van der Waals surface area (Å²) in [6, 6.07) is 4.08. The second kappa shape index (κ2) is 4.94. The van der Waals surface area contributed by atoms with Gasteiger partial charge in [0.25, 0.3) is 0 Å². The molecule has 0 unspecified atom stereocenters. The fraction of sp³-hybridized carbons (Fsp3) is 0.222. The molecule has 0 aliphatic carbocycles. The summed E-state index contributed by atoms with van der Waals surface area (Å²) >= 11 is 0. The van der Waals surface area contributed by atoms with Crippen molar-refractivity contribution in [3.63, 3.8) is 0 Å². The Bertz CT molecular complexity index is 377. The van der Waals surface area contributed by atoms with E-state index < -0.39 is 4.92 Å². The zero-order chi connectivity index (χ0) is 11.3. The number of nitrogens with zero attached hydrogens (tertiary/aromatic N) is 1. The molecule has 0 saturated heterocycles. The quantitative estimate of drug-likeness (QED) is 0.415. The van der Waals surface area contributed by atoms with Crippen molar-refractivity contribution in [2.75, 3.05) is 13.7 Å². The van der Waals surface area contributed by atoms with Crippen LogP contribution in [-0.2, 0) is 4.79 Å². The average Bonchev–Trinajstić information content (AvgIpc) is 2.25. The predicted molar refractivity (Wildman–Crippen MR) is 51.2 cm³/mol. The summed E-state index contributed by atoms with van der Waals surface area (Å²) in [7, 11) is 1.44. The second-order valence-corrected chi connectivity index (χ2v) is 2.57. The van der Waals surface area contributed by atoms with E-state index in [0.29, 0.717) is 12.0 Å². The molecule has 0 aliphatic heterocycles. The number of carbonyl (C=O) groups is 1. The van der Waals surface area contributed by atoms with Crippen LogP contribution in [0.4, 0.5) is 5.69 Å². The number of aldehydes is 1. The van der Waals surface area contributed by atoms with Gasteiger partial charge in [0, 0.05) is 12.1 Å². The molecule has 6 nitrogen and oxygen atoms in total. The van der Waals surface area contributed by atoms with Gasteiger partial charge in [-0.1, -0.05) is 0 Å². The summed E-state index contributed by atoms with van der Waals surface area (Å²) in [4.78, 5) is 20.1. The fourth-order valence-corrected chi connectivity index (χ4v) is 1.01. The monoisotopic (exact) mass is 211 g/mol. The van der Waals surface area contributed by atoms with Crippen molar-refractivity contribution in [1.29, 1.82) is 0 Å². The van der Waals surface area contributed by atoms with Gasteiger partial charge >= 0.3 is 5.69 Å². The van der Waals surface area contributed by atoms with Crippen molar-refractivity contribution < 1.29 is 19.2 Å². The van der Waals surface area contributed by atoms with Crippen LogP contribution < -0.4 is 9.47 Å². The van der Waals surface area contributed by atoms with Gasteiger partial charge < -0.3 is 9.47 Å². The summed E-state index contributed by atoms with van der Waals surface area (Å²) < 4.78 is 9.78. The Morgan fingerprint density at radius 2 is 2.27 bits per heavy atom. The van der Waals surface area contributed by atoms with Crippen molar-refractivity contribution in [3.8, 4) is 11.5 Å². The van der Waals surface area contributed by atoms with Crippen LogP contribution in [0.2, 0.25) is 0 Å². The van der Waals surface area contributed by atoms with Crippen LogP contribution in [0.5, 0.6) is 11.5 Å². The minimum absolute atomic E-state index is 0.0199. The summed E-state index contributed by atoms with van der Waals surface area (Å²) in [5, 5.41) is 10.6. The third-order valence-electron chi connectivity index (χ3n) is 1.67. The molecule has 0 radical (unpaired) electrons. The first-order valence-electron chi connectivity index (χ1n) is 4.08. The van der Waals surface area contributed by atoms with Crippen LogP contribution in [0.3, 0.4) is 0 Å². The summed E-state index contributed by atoms with van der Waals surface area (Å²) in [6.45, 7) is -0.228. The van der Waals surface area contributed by atoms with E-state index in [1.54, 1.807) is 0 Å². The number of rotatable bonds is 5. The fourth-order valence-electron chi connectivity index (χ4n) is 1.01. The zero-order valence-electron chi connectivity index (χ0n) is 8.00. The van der Waals surface area contributed by atoms with E-state index in [-0.39, 0.29) is 18.0 Å². The van der Waals surface area contributed by atoms with Crippen molar-refractivity contribution >= 4 is 12.0 Å². The third-order valence-corrected chi connectivity index (χ3v) is 1.67. The smallest absolute Gasteiger partial charge is 0.311 e. The zero-order valence-corrected chi connectivity index (χ0v) is 8.00. The van der Waals surface area contributed by atoms with E-state index >= 15 is 0 Å². The molecule has 0 spiro atoms. The van der Waals surface area contributed by atoms with Gasteiger partial charge in [-0.2, -0.15) is 0 Å². The molecule has 0 atom stereocenters. The Morgan fingerprint density at radius 1 is 1.53 bits per heavy atom. The Morgan fingerprint density at radius 3 is 2.80 bits per heavy atom. The molecule has 0 fully saturated rings. The largest absolute Gasteiger partial charge is 0.497 e. The van der Waals surface area contributed by atoms with Gasteiger partial charge in [-0.15, -0.1) is 0 Å². The number of hydrogen-bond acceptors (Lipinski definition) is 5. The van der Waals surface area contributed by atoms with E-state index in [1.165, 1.54) is 25.3 Å². The first kappa shape index (κ1) is 11.0. The molecule has 0 amide bonds.